The summed E-state index contributed by atoms with van der Waals surface area (Å²) in [6, 6.07) is 0. The molecule has 1 aromatic heterocycles. The summed E-state index contributed by atoms with van der Waals surface area (Å²) in [4.78, 5) is 0. The number of rotatable bonds is 2. The molecule has 2 atom stereocenters. The van der Waals surface area contributed by atoms with Crippen molar-refractivity contribution in [2.75, 3.05) is 6.54 Å². The van der Waals surface area contributed by atoms with Crippen LogP contribution in [0.4, 0.5) is 0 Å². The highest BCUT2D eigenvalue weighted by Crippen LogP contribution is 2.42. The monoisotopic (exact) mass is 179 g/mol. The second-order valence-electron chi connectivity index (χ2n) is 4.02. The third-order valence-electron chi connectivity index (χ3n) is 3.25. The van der Waals surface area contributed by atoms with Gasteiger partial charge in [0.15, 0.2) is 0 Å². The molecule has 0 aromatic carbocycles. The van der Waals surface area contributed by atoms with Crippen molar-refractivity contribution in [3.63, 3.8) is 0 Å². The van der Waals surface area contributed by atoms with E-state index in [1.54, 1.807) is 0 Å². The van der Waals surface area contributed by atoms with Gasteiger partial charge in [-0.1, -0.05) is 0 Å². The van der Waals surface area contributed by atoms with Crippen molar-refractivity contribution in [2.45, 2.75) is 25.7 Å². The van der Waals surface area contributed by atoms with Crippen molar-refractivity contribution in [3.8, 4) is 0 Å². The van der Waals surface area contributed by atoms with Gasteiger partial charge in [0.25, 0.3) is 0 Å². The Hall–Kier alpha value is -0.830. The van der Waals surface area contributed by atoms with Crippen molar-refractivity contribution in [1.82, 2.24) is 9.78 Å². The van der Waals surface area contributed by atoms with Gasteiger partial charge in [0.05, 0.1) is 6.20 Å². The number of nitrogens with two attached hydrogens (primary N) is 1. The van der Waals surface area contributed by atoms with Crippen LogP contribution in [0.25, 0.3) is 0 Å². The molecule has 1 saturated carbocycles. The lowest BCUT2D eigenvalue weighted by Gasteiger charge is -2.36. The second-order valence-corrected chi connectivity index (χ2v) is 4.02. The molecule has 1 aliphatic rings. The third-order valence-corrected chi connectivity index (χ3v) is 3.25. The topological polar surface area (TPSA) is 43.8 Å². The molecule has 0 amide bonds. The van der Waals surface area contributed by atoms with Gasteiger partial charge in [-0.15, -0.1) is 0 Å². The SMILES string of the molecule is Cc1cnn(C)c1C1CCC1CN. The summed E-state index contributed by atoms with van der Waals surface area (Å²) in [5, 5.41) is 4.26. The summed E-state index contributed by atoms with van der Waals surface area (Å²) < 4.78 is 2.00. The van der Waals surface area contributed by atoms with Gasteiger partial charge in [-0.3, -0.25) is 4.68 Å². The molecule has 1 aliphatic carbocycles. The first kappa shape index (κ1) is 8.75. The molecule has 13 heavy (non-hydrogen) atoms. The van der Waals surface area contributed by atoms with Crippen LogP contribution >= 0.6 is 0 Å². The standard InChI is InChI=1S/C10H17N3/c1-7-6-12-13(2)10(7)9-4-3-8(9)5-11/h6,8-9H,3-5,11H2,1-2H3. The molecule has 0 saturated heterocycles. The van der Waals surface area contributed by atoms with Crippen molar-refractivity contribution in [1.29, 1.82) is 0 Å². The van der Waals surface area contributed by atoms with E-state index in [1.807, 2.05) is 17.9 Å². The Morgan fingerprint density at radius 3 is 2.77 bits per heavy atom. The summed E-state index contributed by atoms with van der Waals surface area (Å²) in [5.74, 6) is 1.35. The Balaban J connectivity index is 2.25. The summed E-state index contributed by atoms with van der Waals surface area (Å²) in [7, 11) is 2.02. The normalized spacial score (nSPS) is 27.3. The van der Waals surface area contributed by atoms with Crippen molar-refractivity contribution in [2.24, 2.45) is 18.7 Å². The zero-order valence-corrected chi connectivity index (χ0v) is 8.33. The number of aromatic nitrogens is 2. The van der Waals surface area contributed by atoms with Crippen LogP contribution < -0.4 is 5.73 Å². The Kier molecular flexibility index (Phi) is 2.12. The maximum Gasteiger partial charge on any atom is 0.0521 e. The molecule has 2 rings (SSSR count). The average molecular weight is 179 g/mol. The maximum absolute atomic E-state index is 5.70. The van der Waals surface area contributed by atoms with Crippen molar-refractivity contribution >= 4 is 0 Å². The predicted molar refractivity (Wildman–Crippen MR) is 52.5 cm³/mol. The highest BCUT2D eigenvalue weighted by atomic mass is 15.3. The molecular weight excluding hydrogens is 162 g/mol. The molecule has 1 aromatic rings. The molecule has 72 valence electrons. The molecule has 3 nitrogen and oxygen atoms in total. The van der Waals surface area contributed by atoms with Crippen LogP contribution in [-0.2, 0) is 7.05 Å². The largest absolute Gasteiger partial charge is 0.330 e. The summed E-state index contributed by atoms with van der Waals surface area (Å²) >= 11 is 0. The van der Waals surface area contributed by atoms with Gasteiger partial charge in [0, 0.05) is 18.7 Å². The van der Waals surface area contributed by atoms with E-state index in [0.717, 1.165) is 6.54 Å². The van der Waals surface area contributed by atoms with E-state index in [4.69, 9.17) is 5.73 Å². The van der Waals surface area contributed by atoms with Crippen LogP contribution in [0.3, 0.4) is 0 Å². The molecular formula is C10H17N3. The highest BCUT2D eigenvalue weighted by molar-refractivity contribution is 5.23. The van der Waals surface area contributed by atoms with Crippen molar-refractivity contribution < 1.29 is 0 Å². The van der Waals surface area contributed by atoms with Crippen LogP contribution in [0.5, 0.6) is 0 Å². The molecule has 0 radical (unpaired) electrons. The first-order valence-electron chi connectivity index (χ1n) is 4.92. The highest BCUT2D eigenvalue weighted by Gasteiger charge is 2.33. The predicted octanol–water partition coefficient (Wildman–Crippen LogP) is 1.18. The molecule has 1 fully saturated rings. The van der Waals surface area contributed by atoms with E-state index in [9.17, 15) is 0 Å². The fourth-order valence-electron chi connectivity index (χ4n) is 2.30. The molecule has 0 bridgehead atoms. The van der Waals surface area contributed by atoms with Crippen LogP contribution in [0.2, 0.25) is 0 Å². The number of aryl methyl sites for hydroxylation is 2. The summed E-state index contributed by atoms with van der Waals surface area (Å²) in [6.07, 6.45) is 4.51. The van der Waals surface area contributed by atoms with E-state index in [-0.39, 0.29) is 0 Å². The molecule has 1 heterocycles. The second kappa shape index (κ2) is 3.14. The van der Waals surface area contributed by atoms with E-state index < -0.39 is 0 Å². The van der Waals surface area contributed by atoms with Gasteiger partial charge in [-0.05, 0) is 37.8 Å². The molecule has 2 N–H and O–H groups in total. The third kappa shape index (κ3) is 1.27. The van der Waals surface area contributed by atoms with E-state index in [2.05, 4.69) is 12.0 Å². The molecule has 0 aliphatic heterocycles. The van der Waals surface area contributed by atoms with Crippen LogP contribution in [-0.4, -0.2) is 16.3 Å². The van der Waals surface area contributed by atoms with Crippen LogP contribution in [0.15, 0.2) is 6.20 Å². The maximum atomic E-state index is 5.70. The van der Waals surface area contributed by atoms with Gasteiger partial charge in [-0.2, -0.15) is 5.10 Å². The Labute approximate surface area is 78.9 Å². The average Bonchev–Trinajstić information content (AvgIpc) is 2.35. The Morgan fingerprint density at radius 2 is 2.38 bits per heavy atom. The first-order valence-corrected chi connectivity index (χ1v) is 4.92. The first-order chi connectivity index (χ1) is 6.24. The molecule has 0 spiro atoms. The van der Waals surface area contributed by atoms with Gasteiger partial charge >= 0.3 is 0 Å². The smallest absolute Gasteiger partial charge is 0.0521 e. The minimum Gasteiger partial charge on any atom is -0.330 e. The quantitative estimate of drug-likeness (QED) is 0.741. The van der Waals surface area contributed by atoms with E-state index in [0.29, 0.717) is 11.8 Å². The lowest BCUT2D eigenvalue weighted by molar-refractivity contribution is 0.251. The van der Waals surface area contributed by atoms with Crippen molar-refractivity contribution in [3.05, 3.63) is 17.5 Å². The zero-order valence-electron chi connectivity index (χ0n) is 8.33. The lowest BCUT2D eigenvalue weighted by atomic mass is 9.71. The molecule has 2 unspecified atom stereocenters. The van der Waals surface area contributed by atoms with E-state index >= 15 is 0 Å². The lowest BCUT2D eigenvalue weighted by Crippen LogP contribution is -2.32. The van der Waals surface area contributed by atoms with Gasteiger partial charge in [0.1, 0.15) is 0 Å². The number of nitrogens with zero attached hydrogens (tertiary/aromatic N) is 2. The fourth-order valence-corrected chi connectivity index (χ4v) is 2.30. The zero-order chi connectivity index (χ0) is 9.42. The molecule has 3 heteroatoms. The van der Waals surface area contributed by atoms with Crippen LogP contribution in [0, 0.1) is 12.8 Å². The summed E-state index contributed by atoms with van der Waals surface area (Å²) in [6.45, 7) is 2.95. The fraction of sp³-hybridized carbons (Fsp3) is 0.700. The van der Waals surface area contributed by atoms with Gasteiger partial charge < -0.3 is 5.73 Å². The summed E-state index contributed by atoms with van der Waals surface area (Å²) in [5.41, 5.74) is 8.40. The van der Waals surface area contributed by atoms with Gasteiger partial charge in [-0.25, -0.2) is 0 Å². The number of hydrogen-bond acceptors (Lipinski definition) is 2. The number of hydrogen-bond donors (Lipinski definition) is 1. The minimum atomic E-state index is 0.664. The Morgan fingerprint density at radius 1 is 1.62 bits per heavy atom. The van der Waals surface area contributed by atoms with Crippen LogP contribution in [0.1, 0.15) is 30.0 Å². The van der Waals surface area contributed by atoms with Gasteiger partial charge in [0.2, 0.25) is 0 Å². The Bertz CT molecular complexity index is 282. The van der Waals surface area contributed by atoms with E-state index in [1.165, 1.54) is 24.1 Å². The minimum absolute atomic E-state index is 0.664.